The molecule has 1 N–H and O–H groups in total. The molecule has 0 aliphatic carbocycles. The van der Waals surface area contributed by atoms with Crippen molar-refractivity contribution in [1.29, 1.82) is 0 Å². The molecule has 4 heteroatoms. The Balaban J connectivity index is 2.23. The van der Waals surface area contributed by atoms with E-state index >= 15 is 0 Å². The third-order valence-corrected chi connectivity index (χ3v) is 1.21. The maximum atomic E-state index is 10.6. The molecule has 0 aromatic heterocycles. The Morgan fingerprint density at radius 2 is 2.60 bits per heavy atom. The van der Waals surface area contributed by atoms with Gasteiger partial charge in [0.1, 0.15) is 0 Å². The van der Waals surface area contributed by atoms with Gasteiger partial charge in [0.2, 0.25) is 0 Å². The number of rotatable bonds is 2. The Bertz CT molecular complexity index is 141. The Morgan fingerprint density at radius 1 is 1.80 bits per heavy atom. The molecular weight excluding hydrogens is 132 g/mol. The SMILES string of the molecule is C=CC(=O)ON1CCNC1. The first kappa shape index (κ1) is 7.24. The molecule has 0 unspecified atom stereocenters. The topological polar surface area (TPSA) is 41.6 Å². The van der Waals surface area contributed by atoms with Crippen LogP contribution in [0.1, 0.15) is 0 Å². The predicted octanol–water partition coefficient (Wildman–Crippen LogP) is -0.507. The lowest BCUT2D eigenvalue weighted by molar-refractivity contribution is -0.178. The van der Waals surface area contributed by atoms with Crippen LogP contribution in [0.4, 0.5) is 0 Å². The lowest BCUT2D eigenvalue weighted by Crippen LogP contribution is -2.24. The summed E-state index contributed by atoms with van der Waals surface area (Å²) in [4.78, 5) is 15.3. The van der Waals surface area contributed by atoms with Crippen molar-refractivity contribution in [2.24, 2.45) is 0 Å². The number of carbonyl (C=O) groups is 1. The first-order valence-electron chi connectivity index (χ1n) is 3.13. The van der Waals surface area contributed by atoms with E-state index < -0.39 is 5.97 Å². The highest BCUT2D eigenvalue weighted by atomic mass is 16.7. The quantitative estimate of drug-likeness (QED) is 0.527. The van der Waals surface area contributed by atoms with Crippen molar-refractivity contribution in [3.8, 4) is 0 Å². The molecule has 10 heavy (non-hydrogen) atoms. The zero-order chi connectivity index (χ0) is 7.40. The molecule has 1 saturated heterocycles. The number of nitrogens with one attached hydrogen (secondary N) is 1. The summed E-state index contributed by atoms with van der Waals surface area (Å²) in [7, 11) is 0. The van der Waals surface area contributed by atoms with Crippen LogP contribution in [-0.4, -0.2) is 30.8 Å². The summed E-state index contributed by atoms with van der Waals surface area (Å²) >= 11 is 0. The number of nitrogens with zero attached hydrogens (tertiary/aromatic N) is 1. The summed E-state index contributed by atoms with van der Waals surface area (Å²) in [5.41, 5.74) is 0. The van der Waals surface area contributed by atoms with Gasteiger partial charge in [-0.3, -0.25) is 0 Å². The molecule has 4 nitrogen and oxygen atoms in total. The zero-order valence-corrected chi connectivity index (χ0v) is 5.67. The van der Waals surface area contributed by atoms with Gasteiger partial charge in [-0.1, -0.05) is 6.58 Å². The minimum absolute atomic E-state index is 0.399. The molecule has 0 bridgehead atoms. The highest BCUT2D eigenvalue weighted by Crippen LogP contribution is 1.93. The lowest BCUT2D eigenvalue weighted by Gasteiger charge is -2.10. The van der Waals surface area contributed by atoms with Gasteiger partial charge in [0.25, 0.3) is 0 Å². The van der Waals surface area contributed by atoms with E-state index in [1.165, 1.54) is 0 Å². The fraction of sp³-hybridized carbons (Fsp3) is 0.500. The van der Waals surface area contributed by atoms with Gasteiger partial charge in [-0.15, -0.1) is 5.06 Å². The molecule has 0 saturated carbocycles. The highest BCUT2D eigenvalue weighted by Gasteiger charge is 2.13. The van der Waals surface area contributed by atoms with Crippen molar-refractivity contribution in [2.75, 3.05) is 19.8 Å². The van der Waals surface area contributed by atoms with E-state index in [-0.39, 0.29) is 0 Å². The second kappa shape index (κ2) is 3.34. The van der Waals surface area contributed by atoms with Crippen LogP contribution in [0.25, 0.3) is 0 Å². The predicted molar refractivity (Wildman–Crippen MR) is 35.9 cm³/mol. The zero-order valence-electron chi connectivity index (χ0n) is 5.67. The molecule has 1 heterocycles. The second-order valence-electron chi connectivity index (χ2n) is 1.98. The van der Waals surface area contributed by atoms with Crippen LogP contribution in [0, 0.1) is 0 Å². The van der Waals surface area contributed by atoms with Crippen molar-refractivity contribution in [3.05, 3.63) is 12.7 Å². The maximum Gasteiger partial charge on any atom is 0.349 e. The van der Waals surface area contributed by atoms with Gasteiger partial charge in [0.05, 0.1) is 6.67 Å². The number of hydroxylamine groups is 2. The van der Waals surface area contributed by atoms with Crippen LogP contribution in [0.5, 0.6) is 0 Å². The van der Waals surface area contributed by atoms with Crippen LogP contribution in [-0.2, 0) is 9.63 Å². The lowest BCUT2D eigenvalue weighted by atomic mass is 10.7. The van der Waals surface area contributed by atoms with Crippen molar-refractivity contribution < 1.29 is 9.63 Å². The van der Waals surface area contributed by atoms with E-state index in [1.54, 1.807) is 5.06 Å². The first-order chi connectivity index (χ1) is 4.83. The summed E-state index contributed by atoms with van der Waals surface area (Å²) in [6.45, 7) is 5.51. The third kappa shape index (κ3) is 1.82. The summed E-state index contributed by atoms with van der Waals surface area (Å²) in [6, 6.07) is 0. The average molecular weight is 142 g/mol. The molecule has 0 amide bonds. The Labute approximate surface area is 59.4 Å². The van der Waals surface area contributed by atoms with Crippen LogP contribution in [0.15, 0.2) is 12.7 Å². The minimum Gasteiger partial charge on any atom is -0.363 e. The molecule has 0 spiro atoms. The van der Waals surface area contributed by atoms with Gasteiger partial charge in [-0.2, -0.15) is 0 Å². The van der Waals surface area contributed by atoms with Crippen LogP contribution in [0.3, 0.4) is 0 Å². The molecule has 0 atom stereocenters. The van der Waals surface area contributed by atoms with Crippen molar-refractivity contribution in [1.82, 2.24) is 10.4 Å². The van der Waals surface area contributed by atoms with Crippen LogP contribution < -0.4 is 5.32 Å². The van der Waals surface area contributed by atoms with E-state index in [0.29, 0.717) is 6.67 Å². The smallest absolute Gasteiger partial charge is 0.349 e. The van der Waals surface area contributed by atoms with Crippen LogP contribution >= 0.6 is 0 Å². The third-order valence-electron chi connectivity index (χ3n) is 1.21. The number of hydrogen-bond acceptors (Lipinski definition) is 4. The monoisotopic (exact) mass is 142 g/mol. The van der Waals surface area contributed by atoms with Gasteiger partial charge in [0.15, 0.2) is 0 Å². The van der Waals surface area contributed by atoms with Gasteiger partial charge in [-0.25, -0.2) is 4.79 Å². The Hall–Kier alpha value is -0.870. The summed E-state index contributed by atoms with van der Waals surface area (Å²) < 4.78 is 0. The standard InChI is InChI=1S/C6H10N2O2/c1-2-6(9)10-8-4-3-7-5-8/h2,7H,1,3-5H2. The molecule has 1 rings (SSSR count). The number of hydrogen-bond donors (Lipinski definition) is 1. The number of carbonyl (C=O) groups excluding carboxylic acids is 1. The Morgan fingerprint density at radius 3 is 3.10 bits per heavy atom. The van der Waals surface area contributed by atoms with Gasteiger partial charge in [-0.05, 0) is 0 Å². The van der Waals surface area contributed by atoms with Crippen molar-refractivity contribution in [3.63, 3.8) is 0 Å². The van der Waals surface area contributed by atoms with E-state index in [9.17, 15) is 4.79 Å². The molecule has 0 radical (unpaired) electrons. The molecule has 56 valence electrons. The molecule has 1 fully saturated rings. The molecular formula is C6H10N2O2. The minimum atomic E-state index is -0.399. The average Bonchev–Trinajstić information content (AvgIpc) is 2.40. The van der Waals surface area contributed by atoms with E-state index in [0.717, 1.165) is 19.2 Å². The molecule has 1 aliphatic heterocycles. The normalized spacial score (nSPS) is 18.8. The second-order valence-corrected chi connectivity index (χ2v) is 1.98. The van der Waals surface area contributed by atoms with E-state index in [4.69, 9.17) is 4.84 Å². The van der Waals surface area contributed by atoms with Crippen molar-refractivity contribution >= 4 is 5.97 Å². The fourth-order valence-corrected chi connectivity index (χ4v) is 0.729. The summed E-state index contributed by atoms with van der Waals surface area (Å²) in [5, 5.41) is 4.58. The van der Waals surface area contributed by atoms with Gasteiger partial charge >= 0.3 is 5.97 Å². The van der Waals surface area contributed by atoms with E-state index in [1.807, 2.05) is 0 Å². The molecule has 0 aromatic rings. The fourth-order valence-electron chi connectivity index (χ4n) is 0.729. The van der Waals surface area contributed by atoms with Crippen molar-refractivity contribution in [2.45, 2.75) is 0 Å². The molecule has 1 aliphatic rings. The summed E-state index contributed by atoms with van der Waals surface area (Å²) in [5.74, 6) is -0.399. The van der Waals surface area contributed by atoms with Gasteiger partial charge in [0, 0.05) is 19.2 Å². The highest BCUT2D eigenvalue weighted by molar-refractivity contribution is 5.80. The largest absolute Gasteiger partial charge is 0.363 e. The maximum absolute atomic E-state index is 10.6. The molecule has 0 aromatic carbocycles. The first-order valence-corrected chi connectivity index (χ1v) is 3.13. The van der Waals surface area contributed by atoms with Gasteiger partial charge < -0.3 is 10.2 Å². The van der Waals surface area contributed by atoms with E-state index in [2.05, 4.69) is 11.9 Å². The summed E-state index contributed by atoms with van der Waals surface area (Å²) in [6.07, 6.45) is 1.15. The van der Waals surface area contributed by atoms with Crippen LogP contribution in [0.2, 0.25) is 0 Å². The Kier molecular flexibility index (Phi) is 2.42.